The number of ether oxygens (including phenoxy) is 2. The summed E-state index contributed by atoms with van der Waals surface area (Å²) in [5.74, 6) is -1.88. The SMILES string of the molecule is CCOC(=O)c1ccccc1NC(=O)COC(=O)c1cc2ccccc2o1. The Kier molecular flexibility index (Phi) is 5.51. The fraction of sp³-hybridized carbons (Fsp3) is 0.150. The van der Waals surface area contributed by atoms with Gasteiger partial charge in [-0.15, -0.1) is 0 Å². The predicted octanol–water partition coefficient (Wildman–Crippen LogP) is 3.41. The molecule has 0 spiro atoms. The number of esters is 2. The van der Waals surface area contributed by atoms with Gasteiger partial charge in [-0.2, -0.15) is 0 Å². The second-order valence-corrected chi connectivity index (χ2v) is 5.54. The quantitative estimate of drug-likeness (QED) is 0.671. The van der Waals surface area contributed by atoms with E-state index >= 15 is 0 Å². The van der Waals surface area contributed by atoms with Crippen LogP contribution in [0.4, 0.5) is 5.69 Å². The first-order chi connectivity index (χ1) is 13.1. The van der Waals surface area contributed by atoms with Crippen LogP contribution >= 0.6 is 0 Å². The Morgan fingerprint density at radius 3 is 2.48 bits per heavy atom. The van der Waals surface area contributed by atoms with Crippen LogP contribution in [-0.4, -0.2) is 31.1 Å². The van der Waals surface area contributed by atoms with Gasteiger partial charge in [0.1, 0.15) is 5.58 Å². The maximum Gasteiger partial charge on any atom is 0.374 e. The monoisotopic (exact) mass is 367 g/mol. The van der Waals surface area contributed by atoms with E-state index in [0.717, 1.165) is 5.39 Å². The van der Waals surface area contributed by atoms with E-state index in [-0.39, 0.29) is 23.6 Å². The first-order valence-electron chi connectivity index (χ1n) is 8.30. The molecule has 2 aromatic carbocycles. The normalized spacial score (nSPS) is 10.4. The van der Waals surface area contributed by atoms with Gasteiger partial charge in [-0.25, -0.2) is 9.59 Å². The number of carbonyl (C=O) groups excluding carboxylic acids is 3. The highest BCUT2D eigenvalue weighted by molar-refractivity contribution is 6.02. The van der Waals surface area contributed by atoms with E-state index < -0.39 is 24.5 Å². The maximum absolute atomic E-state index is 12.1. The molecule has 0 radical (unpaired) electrons. The summed E-state index contributed by atoms with van der Waals surface area (Å²) in [6, 6.07) is 15.1. The number of anilines is 1. The van der Waals surface area contributed by atoms with Crippen molar-refractivity contribution < 1.29 is 28.3 Å². The minimum atomic E-state index is -0.750. The van der Waals surface area contributed by atoms with Crippen molar-refractivity contribution in [1.29, 1.82) is 0 Å². The third-order valence-electron chi connectivity index (χ3n) is 3.66. The molecule has 1 N–H and O–H groups in total. The Balaban J connectivity index is 1.61. The van der Waals surface area contributed by atoms with Crippen molar-refractivity contribution >= 4 is 34.5 Å². The molecule has 3 aromatic rings. The molecule has 0 saturated carbocycles. The molecular weight excluding hydrogens is 350 g/mol. The Hall–Kier alpha value is -3.61. The number of hydrogen-bond donors (Lipinski definition) is 1. The Morgan fingerprint density at radius 1 is 0.963 bits per heavy atom. The average molecular weight is 367 g/mol. The zero-order chi connectivity index (χ0) is 19.2. The van der Waals surface area contributed by atoms with Crippen molar-refractivity contribution in [2.24, 2.45) is 0 Å². The van der Waals surface area contributed by atoms with Crippen LogP contribution in [0.5, 0.6) is 0 Å². The molecule has 1 heterocycles. The van der Waals surface area contributed by atoms with Gasteiger partial charge in [0.25, 0.3) is 5.91 Å². The smallest absolute Gasteiger partial charge is 0.374 e. The molecule has 7 nitrogen and oxygen atoms in total. The minimum absolute atomic E-state index is 0.0101. The van der Waals surface area contributed by atoms with E-state index in [0.29, 0.717) is 5.58 Å². The number of rotatable bonds is 6. The maximum atomic E-state index is 12.1. The third-order valence-corrected chi connectivity index (χ3v) is 3.66. The van der Waals surface area contributed by atoms with Crippen molar-refractivity contribution in [2.45, 2.75) is 6.92 Å². The zero-order valence-corrected chi connectivity index (χ0v) is 14.6. The van der Waals surface area contributed by atoms with Gasteiger partial charge in [0, 0.05) is 5.39 Å². The topological polar surface area (TPSA) is 94.8 Å². The van der Waals surface area contributed by atoms with Crippen LogP contribution in [0, 0.1) is 0 Å². The summed E-state index contributed by atoms with van der Waals surface area (Å²) in [7, 11) is 0. The number of para-hydroxylation sites is 2. The van der Waals surface area contributed by atoms with Crippen molar-refractivity contribution in [3.8, 4) is 0 Å². The van der Waals surface area contributed by atoms with E-state index in [1.54, 1.807) is 49.4 Å². The van der Waals surface area contributed by atoms with Gasteiger partial charge in [0.05, 0.1) is 17.9 Å². The number of benzene rings is 2. The van der Waals surface area contributed by atoms with Crippen LogP contribution in [0.15, 0.2) is 59.0 Å². The highest BCUT2D eigenvalue weighted by atomic mass is 16.5. The molecular formula is C20H17NO6. The lowest BCUT2D eigenvalue weighted by Gasteiger charge is -2.10. The summed E-state index contributed by atoms with van der Waals surface area (Å²) in [4.78, 5) is 36.1. The second-order valence-electron chi connectivity index (χ2n) is 5.54. The standard InChI is InChI=1S/C20H17NO6/c1-2-25-19(23)14-8-4-5-9-15(14)21-18(22)12-26-20(24)17-11-13-7-3-6-10-16(13)27-17/h3-11H,2,12H2,1H3,(H,21,22). The lowest BCUT2D eigenvalue weighted by atomic mass is 10.2. The summed E-state index contributed by atoms with van der Waals surface area (Å²) in [6.07, 6.45) is 0. The van der Waals surface area contributed by atoms with E-state index in [1.807, 2.05) is 6.07 Å². The number of carbonyl (C=O) groups is 3. The fourth-order valence-electron chi connectivity index (χ4n) is 2.45. The van der Waals surface area contributed by atoms with Crippen molar-refractivity contribution in [3.05, 3.63) is 65.9 Å². The lowest BCUT2D eigenvalue weighted by molar-refractivity contribution is -0.119. The van der Waals surface area contributed by atoms with Crippen molar-refractivity contribution in [1.82, 2.24) is 0 Å². The molecule has 1 aromatic heterocycles. The first kappa shape index (κ1) is 18.2. The third kappa shape index (κ3) is 4.33. The second kappa shape index (κ2) is 8.18. The molecule has 0 aliphatic rings. The number of furan rings is 1. The van der Waals surface area contributed by atoms with Gasteiger partial charge in [-0.3, -0.25) is 4.79 Å². The highest BCUT2D eigenvalue weighted by Crippen LogP contribution is 2.19. The first-order valence-corrected chi connectivity index (χ1v) is 8.30. The van der Waals surface area contributed by atoms with Gasteiger partial charge < -0.3 is 19.2 Å². The van der Waals surface area contributed by atoms with E-state index in [4.69, 9.17) is 13.9 Å². The Bertz CT molecular complexity index is 958. The highest BCUT2D eigenvalue weighted by Gasteiger charge is 2.17. The molecule has 1 amide bonds. The molecule has 0 aliphatic heterocycles. The van der Waals surface area contributed by atoms with Gasteiger partial charge in [0.15, 0.2) is 6.61 Å². The minimum Gasteiger partial charge on any atom is -0.462 e. The molecule has 0 bridgehead atoms. The Labute approximate surface area is 154 Å². The molecule has 0 saturated heterocycles. The average Bonchev–Trinajstić information content (AvgIpc) is 3.11. The fourth-order valence-corrected chi connectivity index (χ4v) is 2.45. The molecule has 0 aliphatic carbocycles. The molecule has 0 fully saturated rings. The van der Waals surface area contributed by atoms with Gasteiger partial charge in [0.2, 0.25) is 5.76 Å². The van der Waals surface area contributed by atoms with Crippen LogP contribution in [0.25, 0.3) is 11.0 Å². The molecule has 3 rings (SSSR count). The number of hydrogen-bond acceptors (Lipinski definition) is 6. The van der Waals surface area contributed by atoms with Crippen LogP contribution in [-0.2, 0) is 14.3 Å². The number of fused-ring (bicyclic) bond motifs is 1. The Morgan fingerprint density at radius 2 is 1.70 bits per heavy atom. The molecule has 27 heavy (non-hydrogen) atoms. The molecule has 138 valence electrons. The summed E-state index contributed by atoms with van der Waals surface area (Å²) < 4.78 is 15.3. The lowest BCUT2D eigenvalue weighted by Crippen LogP contribution is -2.22. The van der Waals surface area contributed by atoms with Crippen LogP contribution in [0.2, 0.25) is 0 Å². The van der Waals surface area contributed by atoms with E-state index in [2.05, 4.69) is 5.32 Å². The van der Waals surface area contributed by atoms with Crippen molar-refractivity contribution in [2.75, 3.05) is 18.5 Å². The van der Waals surface area contributed by atoms with Gasteiger partial charge in [-0.1, -0.05) is 30.3 Å². The van der Waals surface area contributed by atoms with Crippen LogP contribution in [0.1, 0.15) is 27.8 Å². The summed E-state index contributed by atoms with van der Waals surface area (Å²) in [5, 5.41) is 3.30. The number of amides is 1. The molecule has 0 atom stereocenters. The summed E-state index contributed by atoms with van der Waals surface area (Å²) >= 11 is 0. The van der Waals surface area contributed by atoms with Gasteiger partial charge in [-0.05, 0) is 31.2 Å². The van der Waals surface area contributed by atoms with Gasteiger partial charge >= 0.3 is 11.9 Å². The number of nitrogens with one attached hydrogen (secondary N) is 1. The van der Waals surface area contributed by atoms with E-state index in [1.165, 1.54) is 6.07 Å². The molecule has 7 heteroatoms. The molecule has 0 unspecified atom stereocenters. The summed E-state index contributed by atoms with van der Waals surface area (Å²) in [5.41, 5.74) is 1.05. The van der Waals surface area contributed by atoms with E-state index in [9.17, 15) is 14.4 Å². The van der Waals surface area contributed by atoms with Crippen LogP contribution in [0.3, 0.4) is 0 Å². The van der Waals surface area contributed by atoms with Crippen LogP contribution < -0.4 is 5.32 Å². The zero-order valence-electron chi connectivity index (χ0n) is 14.6. The summed E-state index contributed by atoms with van der Waals surface area (Å²) in [6.45, 7) is 1.39. The van der Waals surface area contributed by atoms with Crippen molar-refractivity contribution in [3.63, 3.8) is 0 Å². The largest absolute Gasteiger partial charge is 0.462 e. The predicted molar refractivity (Wildman–Crippen MR) is 97.5 cm³/mol.